The lowest BCUT2D eigenvalue weighted by Gasteiger charge is -2.33. The second-order valence-corrected chi connectivity index (χ2v) is 13.2. The third kappa shape index (κ3) is 7.82. The van der Waals surface area contributed by atoms with Gasteiger partial charge in [-0.2, -0.15) is 0 Å². The van der Waals surface area contributed by atoms with Gasteiger partial charge in [0.25, 0.3) is 10.0 Å². The molecule has 1 saturated carbocycles. The van der Waals surface area contributed by atoms with E-state index in [1.54, 1.807) is 62.4 Å². The van der Waals surface area contributed by atoms with Gasteiger partial charge in [-0.15, -0.1) is 0 Å². The van der Waals surface area contributed by atoms with E-state index in [0.717, 1.165) is 42.0 Å². The van der Waals surface area contributed by atoms with E-state index in [0.29, 0.717) is 15.6 Å². The van der Waals surface area contributed by atoms with Crippen LogP contribution >= 0.6 is 23.2 Å². The minimum absolute atomic E-state index is 0.0386. The van der Waals surface area contributed by atoms with E-state index < -0.39 is 28.5 Å². The minimum atomic E-state index is -4.16. The Kier molecular flexibility index (Phi) is 10.3. The van der Waals surface area contributed by atoms with E-state index in [1.807, 2.05) is 6.07 Å². The van der Waals surface area contributed by atoms with E-state index in [9.17, 15) is 18.0 Å². The highest BCUT2D eigenvalue weighted by Crippen LogP contribution is 2.30. The van der Waals surface area contributed by atoms with E-state index in [4.69, 9.17) is 23.2 Å². The van der Waals surface area contributed by atoms with Gasteiger partial charge in [0, 0.05) is 22.6 Å². The number of anilines is 1. The van der Waals surface area contributed by atoms with E-state index >= 15 is 0 Å². The van der Waals surface area contributed by atoms with Gasteiger partial charge in [-0.25, -0.2) is 8.42 Å². The zero-order valence-electron chi connectivity index (χ0n) is 23.2. The Hall–Kier alpha value is -3.07. The van der Waals surface area contributed by atoms with Crippen molar-refractivity contribution in [3.05, 3.63) is 94.0 Å². The molecule has 7 nitrogen and oxygen atoms in total. The van der Waals surface area contributed by atoms with E-state index in [2.05, 4.69) is 5.32 Å². The zero-order chi connectivity index (χ0) is 29.6. The third-order valence-corrected chi connectivity index (χ3v) is 9.65. The van der Waals surface area contributed by atoms with E-state index in [-0.39, 0.29) is 29.1 Å². The summed E-state index contributed by atoms with van der Waals surface area (Å²) in [6.45, 7) is 2.97. The summed E-state index contributed by atoms with van der Waals surface area (Å²) in [4.78, 5) is 29.0. The van der Waals surface area contributed by atoms with Crippen molar-refractivity contribution in [1.82, 2.24) is 10.2 Å². The van der Waals surface area contributed by atoms with Crippen LogP contribution in [0.3, 0.4) is 0 Å². The molecule has 1 atom stereocenters. The number of hydrogen-bond acceptors (Lipinski definition) is 4. The molecular formula is C31H35Cl2N3O4S. The summed E-state index contributed by atoms with van der Waals surface area (Å²) in [7, 11) is -4.16. The number of nitrogens with zero attached hydrogens (tertiary/aromatic N) is 2. The molecule has 0 bridgehead atoms. The fraction of sp³-hybridized carbons (Fsp3) is 0.355. The van der Waals surface area contributed by atoms with E-state index in [1.165, 1.54) is 23.1 Å². The van der Waals surface area contributed by atoms with Crippen LogP contribution in [-0.2, 0) is 26.2 Å². The molecule has 1 fully saturated rings. The Morgan fingerprint density at radius 2 is 1.61 bits per heavy atom. The molecule has 0 aromatic heterocycles. The van der Waals surface area contributed by atoms with Crippen molar-refractivity contribution in [2.75, 3.05) is 10.8 Å². The van der Waals surface area contributed by atoms with Gasteiger partial charge >= 0.3 is 0 Å². The molecule has 0 spiro atoms. The average Bonchev–Trinajstić information content (AvgIpc) is 2.96. The van der Waals surface area contributed by atoms with Crippen molar-refractivity contribution in [2.45, 2.75) is 69.5 Å². The van der Waals surface area contributed by atoms with Crippen molar-refractivity contribution < 1.29 is 18.0 Å². The van der Waals surface area contributed by atoms with Gasteiger partial charge in [-0.3, -0.25) is 13.9 Å². The first-order chi connectivity index (χ1) is 19.6. The first-order valence-corrected chi connectivity index (χ1v) is 15.9. The molecule has 2 amide bonds. The smallest absolute Gasteiger partial charge is 0.264 e. The van der Waals surface area contributed by atoms with Gasteiger partial charge in [0.1, 0.15) is 12.6 Å². The maximum Gasteiger partial charge on any atom is 0.264 e. The van der Waals surface area contributed by atoms with Crippen LogP contribution in [0.5, 0.6) is 0 Å². The maximum atomic E-state index is 14.1. The number of carbonyl (C=O) groups excluding carboxylic acids is 2. The fourth-order valence-corrected chi connectivity index (χ4v) is 6.94. The summed E-state index contributed by atoms with van der Waals surface area (Å²) in [5.74, 6) is -0.807. The van der Waals surface area contributed by atoms with Crippen LogP contribution in [0.2, 0.25) is 10.0 Å². The first-order valence-electron chi connectivity index (χ1n) is 13.7. The standard InChI is InChI=1S/C31H35Cl2N3O4S/c1-22-16-17-26(33)19-29(22)36(41(39,40)28-14-7-4-8-15-28)21-30(37)35(20-24-10-9-11-25(32)18-24)23(2)31(38)34-27-12-5-3-6-13-27/h4,7-11,14-19,23,27H,3,5-6,12-13,20-21H2,1-2H3,(H,34,38)/t23-/m1/s1. The topological polar surface area (TPSA) is 86.8 Å². The van der Waals surface area contributed by atoms with Gasteiger partial charge in [-0.1, -0.05) is 78.9 Å². The molecule has 4 rings (SSSR count). The number of hydrogen-bond donors (Lipinski definition) is 1. The largest absolute Gasteiger partial charge is 0.352 e. The van der Waals surface area contributed by atoms with Crippen molar-refractivity contribution in [3.8, 4) is 0 Å². The summed E-state index contributed by atoms with van der Waals surface area (Å²) in [5.41, 5.74) is 1.64. The number of benzene rings is 3. The number of rotatable bonds is 10. The van der Waals surface area contributed by atoms with Gasteiger partial charge in [0.15, 0.2) is 0 Å². The Morgan fingerprint density at radius 1 is 0.927 bits per heavy atom. The van der Waals surface area contributed by atoms with Crippen LogP contribution in [0.1, 0.15) is 50.2 Å². The lowest BCUT2D eigenvalue weighted by atomic mass is 9.95. The SMILES string of the molecule is Cc1ccc(Cl)cc1N(CC(=O)N(Cc1cccc(Cl)c1)[C@H](C)C(=O)NC1CCCCC1)S(=O)(=O)c1ccccc1. The predicted octanol–water partition coefficient (Wildman–Crippen LogP) is 6.36. The predicted molar refractivity (Wildman–Crippen MR) is 164 cm³/mol. The average molecular weight is 617 g/mol. The molecule has 41 heavy (non-hydrogen) atoms. The molecule has 1 aliphatic carbocycles. The second-order valence-electron chi connectivity index (χ2n) is 10.4. The number of halogens is 2. The van der Waals surface area contributed by atoms with Crippen LogP contribution in [0.25, 0.3) is 0 Å². The molecule has 3 aromatic carbocycles. The fourth-order valence-electron chi connectivity index (χ4n) is 5.07. The third-order valence-electron chi connectivity index (χ3n) is 7.41. The van der Waals surface area contributed by atoms with Crippen molar-refractivity contribution in [3.63, 3.8) is 0 Å². The Balaban J connectivity index is 1.70. The normalized spacial score (nSPS) is 14.7. The monoisotopic (exact) mass is 615 g/mol. The molecule has 0 unspecified atom stereocenters. The van der Waals surface area contributed by atoms with Crippen molar-refractivity contribution >= 4 is 50.7 Å². The molecule has 3 aromatic rings. The summed E-state index contributed by atoms with van der Waals surface area (Å²) in [5, 5.41) is 3.93. The summed E-state index contributed by atoms with van der Waals surface area (Å²) in [6, 6.07) is 19.1. The number of amides is 2. The summed E-state index contributed by atoms with van der Waals surface area (Å²) < 4.78 is 29.0. The maximum absolute atomic E-state index is 14.1. The zero-order valence-corrected chi connectivity index (χ0v) is 25.6. The molecule has 10 heteroatoms. The highest BCUT2D eigenvalue weighted by atomic mass is 35.5. The van der Waals surface area contributed by atoms with Crippen LogP contribution < -0.4 is 9.62 Å². The van der Waals surface area contributed by atoms with Gasteiger partial charge < -0.3 is 10.2 Å². The number of sulfonamides is 1. The molecule has 1 N–H and O–H groups in total. The number of aryl methyl sites for hydroxylation is 1. The second kappa shape index (κ2) is 13.7. The molecule has 0 aliphatic heterocycles. The van der Waals surface area contributed by atoms with Gasteiger partial charge in [-0.05, 0) is 74.2 Å². The minimum Gasteiger partial charge on any atom is -0.352 e. The molecule has 0 radical (unpaired) electrons. The number of nitrogens with one attached hydrogen (secondary N) is 1. The lowest BCUT2D eigenvalue weighted by molar-refractivity contribution is -0.139. The highest BCUT2D eigenvalue weighted by molar-refractivity contribution is 7.92. The molecule has 1 aliphatic rings. The Morgan fingerprint density at radius 3 is 2.29 bits per heavy atom. The molecule has 218 valence electrons. The number of carbonyl (C=O) groups is 2. The molecular weight excluding hydrogens is 581 g/mol. The molecule has 0 saturated heterocycles. The quantitative estimate of drug-likeness (QED) is 0.287. The van der Waals surface area contributed by atoms with Crippen LogP contribution in [0, 0.1) is 6.92 Å². The van der Waals surface area contributed by atoms with Gasteiger partial charge in [0.2, 0.25) is 11.8 Å². The summed E-state index contributed by atoms with van der Waals surface area (Å²) in [6.07, 6.45) is 5.05. The Bertz CT molecular complexity index is 1480. The molecule has 0 heterocycles. The van der Waals surface area contributed by atoms with Gasteiger partial charge in [0.05, 0.1) is 10.6 Å². The van der Waals surface area contributed by atoms with Crippen molar-refractivity contribution in [2.24, 2.45) is 0 Å². The lowest BCUT2D eigenvalue weighted by Crippen LogP contribution is -2.53. The van der Waals surface area contributed by atoms with Crippen molar-refractivity contribution in [1.29, 1.82) is 0 Å². The highest BCUT2D eigenvalue weighted by Gasteiger charge is 2.33. The van der Waals surface area contributed by atoms with Crippen LogP contribution in [0.4, 0.5) is 5.69 Å². The first kappa shape index (κ1) is 30.9. The van der Waals surface area contributed by atoms with Crippen LogP contribution in [0.15, 0.2) is 77.7 Å². The summed E-state index contributed by atoms with van der Waals surface area (Å²) >= 11 is 12.5. The van der Waals surface area contributed by atoms with Crippen LogP contribution in [-0.4, -0.2) is 43.8 Å². The Labute approximate surface area is 252 Å².